The first-order chi connectivity index (χ1) is 9.79. The highest BCUT2D eigenvalue weighted by atomic mass is 32.1. The smallest absolute Gasteiger partial charge is 0.144 e. The van der Waals surface area contributed by atoms with Crippen molar-refractivity contribution in [2.45, 2.75) is 52.4 Å². The Hall–Kier alpha value is -1.07. The largest absolute Gasteiger partial charge is 0.409 e. The Morgan fingerprint density at radius 3 is 2.62 bits per heavy atom. The summed E-state index contributed by atoms with van der Waals surface area (Å²) in [5.41, 5.74) is 5.64. The van der Waals surface area contributed by atoms with Gasteiger partial charge < -0.3 is 16.3 Å². The number of rotatable bonds is 9. The van der Waals surface area contributed by atoms with Crippen LogP contribution in [0.15, 0.2) is 22.7 Å². The average Bonchev–Trinajstić information content (AvgIpc) is 2.96. The summed E-state index contributed by atoms with van der Waals surface area (Å²) < 4.78 is 0. The number of amidine groups is 1. The van der Waals surface area contributed by atoms with Gasteiger partial charge in [0, 0.05) is 22.3 Å². The van der Waals surface area contributed by atoms with Gasteiger partial charge in [0.25, 0.3) is 0 Å². The van der Waals surface area contributed by atoms with E-state index in [4.69, 9.17) is 10.9 Å². The van der Waals surface area contributed by atoms with E-state index >= 15 is 0 Å². The fourth-order valence-corrected chi connectivity index (χ4v) is 3.08. The number of unbranched alkanes of at least 4 members (excludes halogenated alkanes) is 1. The minimum absolute atomic E-state index is 0.182. The number of nitrogens with two attached hydrogens (primary N) is 1. The number of hydrogen-bond donors (Lipinski definition) is 3. The number of oxime groups is 1. The summed E-state index contributed by atoms with van der Waals surface area (Å²) in [7, 11) is 0. The van der Waals surface area contributed by atoms with Gasteiger partial charge in [0.1, 0.15) is 5.84 Å². The lowest BCUT2D eigenvalue weighted by Crippen LogP contribution is -2.33. The highest BCUT2D eigenvalue weighted by Gasteiger charge is 2.23. The fourth-order valence-electron chi connectivity index (χ4n) is 2.23. The highest BCUT2D eigenvalue weighted by molar-refractivity contribution is 7.10. The van der Waals surface area contributed by atoms with Crippen LogP contribution in [0.25, 0.3) is 0 Å². The lowest BCUT2D eigenvalue weighted by molar-refractivity contribution is 0.304. The van der Waals surface area contributed by atoms with E-state index in [1.807, 2.05) is 25.2 Å². The monoisotopic (exact) mass is 311 g/mol. The van der Waals surface area contributed by atoms with Crippen molar-refractivity contribution >= 4 is 17.2 Å². The zero-order chi connectivity index (χ0) is 15.9. The molecule has 0 aliphatic carbocycles. The topological polar surface area (TPSA) is 70.6 Å². The molecule has 4 nitrogen and oxygen atoms in total. The molecule has 0 spiro atoms. The Kier molecular flexibility index (Phi) is 6.68. The van der Waals surface area contributed by atoms with Gasteiger partial charge in [0.05, 0.1) is 0 Å². The molecule has 0 atom stereocenters. The molecule has 0 radical (unpaired) electrons. The Labute approximate surface area is 132 Å². The third kappa shape index (κ3) is 5.67. The van der Waals surface area contributed by atoms with E-state index in [9.17, 15) is 0 Å². The second-order valence-electron chi connectivity index (χ2n) is 6.86. The minimum atomic E-state index is -0.231. The van der Waals surface area contributed by atoms with Gasteiger partial charge >= 0.3 is 0 Å². The summed E-state index contributed by atoms with van der Waals surface area (Å²) in [5, 5.41) is 17.5. The van der Waals surface area contributed by atoms with E-state index in [1.165, 1.54) is 4.88 Å². The molecular weight excluding hydrogens is 282 g/mol. The van der Waals surface area contributed by atoms with Gasteiger partial charge in [-0.1, -0.05) is 45.3 Å². The summed E-state index contributed by atoms with van der Waals surface area (Å²) in [5.74, 6) is 0.314. The maximum absolute atomic E-state index is 8.74. The lowest BCUT2D eigenvalue weighted by atomic mass is 9.86. The summed E-state index contributed by atoms with van der Waals surface area (Å²) in [6, 6.07) is 4.31. The van der Waals surface area contributed by atoms with Gasteiger partial charge in [0.2, 0.25) is 0 Å². The molecule has 5 heteroatoms. The quantitative estimate of drug-likeness (QED) is 0.215. The zero-order valence-electron chi connectivity index (χ0n) is 13.6. The van der Waals surface area contributed by atoms with E-state index in [-0.39, 0.29) is 10.8 Å². The van der Waals surface area contributed by atoms with Crippen molar-refractivity contribution in [2.24, 2.45) is 16.3 Å². The molecule has 21 heavy (non-hydrogen) atoms. The molecule has 0 saturated carbocycles. The van der Waals surface area contributed by atoms with Gasteiger partial charge in [-0.2, -0.15) is 0 Å². The molecule has 0 fully saturated rings. The van der Waals surface area contributed by atoms with Crippen molar-refractivity contribution in [1.82, 2.24) is 5.32 Å². The van der Waals surface area contributed by atoms with E-state index < -0.39 is 0 Å². The molecule has 0 unspecified atom stereocenters. The van der Waals surface area contributed by atoms with Crippen molar-refractivity contribution in [3.05, 3.63) is 22.4 Å². The van der Waals surface area contributed by atoms with E-state index in [2.05, 4.69) is 41.8 Å². The third-order valence-electron chi connectivity index (χ3n) is 3.96. The van der Waals surface area contributed by atoms with Crippen LogP contribution in [-0.4, -0.2) is 24.1 Å². The molecule has 1 rings (SSSR count). The van der Waals surface area contributed by atoms with Crippen LogP contribution in [0.4, 0.5) is 0 Å². The number of hydrogen-bond acceptors (Lipinski definition) is 4. The molecule has 0 amide bonds. The van der Waals surface area contributed by atoms with Crippen molar-refractivity contribution in [3.8, 4) is 0 Å². The molecule has 1 aromatic rings. The minimum Gasteiger partial charge on any atom is -0.409 e. The van der Waals surface area contributed by atoms with Crippen LogP contribution in [0.5, 0.6) is 0 Å². The van der Waals surface area contributed by atoms with Crippen LogP contribution in [-0.2, 0) is 5.41 Å². The summed E-state index contributed by atoms with van der Waals surface area (Å²) in [6.45, 7) is 10.5. The Bertz CT molecular complexity index is 438. The molecule has 4 N–H and O–H groups in total. The molecule has 1 aromatic heterocycles. The summed E-state index contributed by atoms with van der Waals surface area (Å²) in [4.78, 5) is 1.42. The molecule has 0 aliphatic rings. The standard InChI is InChI=1S/C16H29N3OS/c1-15(2,14(17)19-20)9-5-6-10-18-12-16(3,4)13-8-7-11-21-13/h7-8,11,18,20H,5-6,9-10,12H2,1-4H3,(H2,17,19). The first-order valence-electron chi connectivity index (χ1n) is 7.52. The number of thiophene rings is 1. The maximum atomic E-state index is 8.74. The Morgan fingerprint density at radius 2 is 2.05 bits per heavy atom. The van der Waals surface area contributed by atoms with Gasteiger partial charge in [0.15, 0.2) is 0 Å². The summed E-state index contributed by atoms with van der Waals surface area (Å²) >= 11 is 1.82. The average molecular weight is 311 g/mol. The SMILES string of the molecule is CC(C)(CCCCNCC(C)(C)c1cccs1)/C(N)=N/O. The van der Waals surface area contributed by atoms with E-state index in [0.717, 1.165) is 32.4 Å². The molecule has 120 valence electrons. The van der Waals surface area contributed by atoms with Crippen LogP contribution in [0.1, 0.15) is 51.8 Å². The predicted octanol–water partition coefficient (Wildman–Crippen LogP) is 3.56. The number of nitrogens with one attached hydrogen (secondary N) is 1. The normalized spacial score (nSPS) is 13.6. The van der Waals surface area contributed by atoms with Gasteiger partial charge in [-0.05, 0) is 30.8 Å². The predicted molar refractivity (Wildman–Crippen MR) is 91.3 cm³/mol. The van der Waals surface area contributed by atoms with Crippen molar-refractivity contribution in [1.29, 1.82) is 0 Å². The highest BCUT2D eigenvalue weighted by Crippen LogP contribution is 2.26. The maximum Gasteiger partial charge on any atom is 0.144 e. The van der Waals surface area contributed by atoms with Crippen LogP contribution >= 0.6 is 11.3 Å². The first-order valence-corrected chi connectivity index (χ1v) is 8.40. The van der Waals surface area contributed by atoms with Crippen molar-refractivity contribution < 1.29 is 5.21 Å². The van der Waals surface area contributed by atoms with Crippen molar-refractivity contribution in [3.63, 3.8) is 0 Å². The van der Waals surface area contributed by atoms with Crippen LogP contribution in [0.3, 0.4) is 0 Å². The van der Waals surface area contributed by atoms with Gasteiger partial charge in [-0.15, -0.1) is 11.3 Å². The lowest BCUT2D eigenvalue weighted by Gasteiger charge is -2.24. The number of nitrogens with zero attached hydrogens (tertiary/aromatic N) is 1. The molecule has 0 bridgehead atoms. The Morgan fingerprint density at radius 1 is 1.33 bits per heavy atom. The van der Waals surface area contributed by atoms with Crippen LogP contribution in [0, 0.1) is 5.41 Å². The van der Waals surface area contributed by atoms with Crippen LogP contribution in [0.2, 0.25) is 0 Å². The molecule has 1 heterocycles. The van der Waals surface area contributed by atoms with E-state index in [1.54, 1.807) is 0 Å². The fraction of sp³-hybridized carbons (Fsp3) is 0.688. The third-order valence-corrected chi connectivity index (χ3v) is 5.20. The second-order valence-corrected chi connectivity index (χ2v) is 7.81. The second kappa shape index (κ2) is 7.80. The van der Waals surface area contributed by atoms with Gasteiger partial charge in [-0.3, -0.25) is 0 Å². The van der Waals surface area contributed by atoms with Crippen molar-refractivity contribution in [2.75, 3.05) is 13.1 Å². The molecular formula is C16H29N3OS. The van der Waals surface area contributed by atoms with Crippen LogP contribution < -0.4 is 11.1 Å². The zero-order valence-corrected chi connectivity index (χ0v) is 14.5. The summed E-state index contributed by atoms with van der Waals surface area (Å²) in [6.07, 6.45) is 3.09. The molecule has 0 aromatic carbocycles. The first kappa shape index (κ1) is 18.0. The van der Waals surface area contributed by atoms with E-state index in [0.29, 0.717) is 5.84 Å². The van der Waals surface area contributed by atoms with Gasteiger partial charge in [-0.25, -0.2) is 0 Å². The molecule has 0 aliphatic heterocycles. The Balaban J connectivity index is 2.21. The molecule has 0 saturated heterocycles.